The van der Waals surface area contributed by atoms with Gasteiger partial charge in [0.2, 0.25) is 0 Å². The predicted molar refractivity (Wildman–Crippen MR) is 44.1 cm³/mol. The minimum atomic E-state index is -5.20. The summed E-state index contributed by atoms with van der Waals surface area (Å²) in [6.07, 6.45) is -20.8. The molecule has 0 saturated heterocycles. The van der Waals surface area contributed by atoms with Crippen molar-refractivity contribution in [2.45, 2.75) is 24.4 Å². The SMILES string of the molecule is Fc1c2c(c(F)c3c1C(F)(F)OC3(F)F)C(F)(F)OC2(F)F. The van der Waals surface area contributed by atoms with Gasteiger partial charge >= 0.3 is 24.4 Å². The van der Waals surface area contributed by atoms with E-state index in [1.807, 2.05) is 0 Å². The Kier molecular flexibility index (Phi) is 2.56. The Morgan fingerprint density at radius 3 is 0.818 bits per heavy atom. The zero-order valence-electron chi connectivity index (χ0n) is 9.60. The molecule has 0 aromatic heterocycles. The summed E-state index contributed by atoms with van der Waals surface area (Å²) in [5.74, 6) is -5.70. The highest BCUT2D eigenvalue weighted by Crippen LogP contribution is 2.60. The molecular formula is C10F10O2. The lowest BCUT2D eigenvalue weighted by atomic mass is 9.96. The van der Waals surface area contributed by atoms with Crippen LogP contribution in [0.25, 0.3) is 0 Å². The Hall–Kier alpha value is -1.56. The van der Waals surface area contributed by atoms with Crippen LogP contribution in [0.3, 0.4) is 0 Å². The summed E-state index contributed by atoms with van der Waals surface area (Å²) in [6, 6.07) is 0. The maximum absolute atomic E-state index is 13.8. The molecule has 1 aromatic rings. The van der Waals surface area contributed by atoms with Gasteiger partial charge in [-0.25, -0.2) is 18.3 Å². The molecule has 1 aromatic carbocycles. The molecule has 0 amide bonds. The molecule has 22 heavy (non-hydrogen) atoms. The highest BCUT2D eigenvalue weighted by Gasteiger charge is 2.68. The molecule has 122 valence electrons. The standard InChI is InChI=1S/C10F10O2/c11-5-1-2(8(15,16)21-7(1,13)14)6(12)4-3(5)9(17,18)22-10(4,19)20. The monoisotopic (exact) mass is 342 g/mol. The zero-order chi connectivity index (χ0) is 16.9. The predicted octanol–water partition coefficient (Wildman–Crippen LogP) is 4.22. The Balaban J connectivity index is 2.50. The fourth-order valence-corrected chi connectivity index (χ4v) is 2.31. The summed E-state index contributed by atoms with van der Waals surface area (Å²) >= 11 is 0. The van der Waals surface area contributed by atoms with Crippen molar-refractivity contribution in [3.63, 3.8) is 0 Å². The van der Waals surface area contributed by atoms with E-state index in [0.717, 1.165) is 0 Å². The van der Waals surface area contributed by atoms with Crippen LogP contribution in [-0.4, -0.2) is 0 Å². The van der Waals surface area contributed by atoms with Crippen molar-refractivity contribution in [1.82, 2.24) is 0 Å². The van der Waals surface area contributed by atoms with Gasteiger partial charge in [-0.1, -0.05) is 0 Å². The van der Waals surface area contributed by atoms with Crippen LogP contribution in [0, 0.1) is 11.6 Å². The number of benzene rings is 1. The van der Waals surface area contributed by atoms with Gasteiger partial charge in [-0.2, -0.15) is 35.1 Å². The van der Waals surface area contributed by atoms with Crippen molar-refractivity contribution in [2.75, 3.05) is 0 Å². The van der Waals surface area contributed by atoms with Gasteiger partial charge in [-0.05, 0) is 0 Å². The number of rotatable bonds is 0. The smallest absolute Gasteiger partial charge is 0.247 e. The summed E-state index contributed by atoms with van der Waals surface area (Å²) in [4.78, 5) is 0. The Morgan fingerprint density at radius 1 is 0.455 bits per heavy atom. The number of alkyl halides is 8. The second-order valence-electron chi connectivity index (χ2n) is 4.40. The van der Waals surface area contributed by atoms with Crippen LogP contribution >= 0.6 is 0 Å². The first-order valence-corrected chi connectivity index (χ1v) is 5.21. The second-order valence-corrected chi connectivity index (χ2v) is 4.40. The Bertz CT molecular complexity index is 583. The maximum Gasteiger partial charge on any atom is 0.391 e. The molecule has 2 heterocycles. The first-order valence-electron chi connectivity index (χ1n) is 5.21. The molecule has 0 aliphatic carbocycles. The molecule has 3 rings (SSSR count). The highest BCUT2D eigenvalue weighted by atomic mass is 19.3. The van der Waals surface area contributed by atoms with E-state index >= 15 is 0 Å². The molecule has 0 saturated carbocycles. The summed E-state index contributed by atoms with van der Waals surface area (Å²) < 4.78 is 139. The van der Waals surface area contributed by atoms with Crippen LogP contribution in [0.15, 0.2) is 0 Å². The van der Waals surface area contributed by atoms with Gasteiger partial charge < -0.3 is 0 Å². The van der Waals surface area contributed by atoms with Crippen molar-refractivity contribution >= 4 is 0 Å². The van der Waals surface area contributed by atoms with Gasteiger partial charge in [-0.15, -0.1) is 0 Å². The third kappa shape index (κ3) is 1.64. The fraction of sp³-hybridized carbons (Fsp3) is 0.400. The van der Waals surface area contributed by atoms with E-state index in [4.69, 9.17) is 0 Å². The number of ether oxygens (including phenoxy) is 2. The average molecular weight is 342 g/mol. The molecule has 0 atom stereocenters. The highest BCUT2D eigenvalue weighted by molar-refractivity contribution is 5.50. The molecule has 0 unspecified atom stereocenters. The number of hydrogen-bond donors (Lipinski definition) is 0. The normalized spacial score (nSPS) is 25.9. The van der Waals surface area contributed by atoms with Crippen LogP contribution in [0.5, 0.6) is 0 Å². The summed E-state index contributed by atoms with van der Waals surface area (Å²) in [5, 5.41) is 0. The van der Waals surface area contributed by atoms with E-state index in [1.54, 1.807) is 0 Å². The van der Waals surface area contributed by atoms with Crippen molar-refractivity contribution in [2.24, 2.45) is 0 Å². The quantitative estimate of drug-likeness (QED) is 0.657. The summed E-state index contributed by atoms with van der Waals surface area (Å²) in [7, 11) is 0. The lowest BCUT2D eigenvalue weighted by Gasteiger charge is -2.13. The topological polar surface area (TPSA) is 18.5 Å². The molecule has 0 spiro atoms. The average Bonchev–Trinajstić information content (AvgIpc) is 2.57. The molecule has 0 fully saturated rings. The number of halogens is 10. The van der Waals surface area contributed by atoms with Crippen LogP contribution in [-0.2, 0) is 33.9 Å². The Labute approximate surface area is 113 Å². The van der Waals surface area contributed by atoms with Crippen LogP contribution in [0.4, 0.5) is 43.9 Å². The van der Waals surface area contributed by atoms with E-state index in [9.17, 15) is 43.9 Å². The summed E-state index contributed by atoms with van der Waals surface area (Å²) in [5.41, 5.74) is -10.3. The lowest BCUT2D eigenvalue weighted by Crippen LogP contribution is -2.20. The third-order valence-electron chi connectivity index (χ3n) is 3.05. The molecule has 2 aliphatic heterocycles. The maximum atomic E-state index is 13.8. The van der Waals surface area contributed by atoms with Crippen molar-refractivity contribution in [1.29, 1.82) is 0 Å². The minimum Gasteiger partial charge on any atom is -0.247 e. The largest absolute Gasteiger partial charge is 0.391 e. The summed E-state index contributed by atoms with van der Waals surface area (Å²) in [6.45, 7) is 0. The van der Waals surface area contributed by atoms with E-state index in [-0.39, 0.29) is 0 Å². The second kappa shape index (κ2) is 3.67. The third-order valence-corrected chi connectivity index (χ3v) is 3.05. The zero-order valence-corrected chi connectivity index (χ0v) is 9.60. The first kappa shape index (κ1) is 15.3. The minimum absolute atomic E-state index is 2.57. The van der Waals surface area contributed by atoms with Crippen molar-refractivity contribution in [3.8, 4) is 0 Å². The Morgan fingerprint density at radius 2 is 0.636 bits per heavy atom. The molecule has 2 nitrogen and oxygen atoms in total. The fourth-order valence-electron chi connectivity index (χ4n) is 2.31. The van der Waals surface area contributed by atoms with Crippen molar-refractivity contribution < 1.29 is 53.4 Å². The van der Waals surface area contributed by atoms with E-state index in [0.29, 0.717) is 0 Å². The van der Waals surface area contributed by atoms with Crippen molar-refractivity contribution in [3.05, 3.63) is 33.9 Å². The molecule has 0 N–H and O–H groups in total. The van der Waals surface area contributed by atoms with E-state index < -0.39 is 58.3 Å². The van der Waals surface area contributed by atoms with Crippen LogP contribution in [0.2, 0.25) is 0 Å². The van der Waals surface area contributed by atoms with Gasteiger partial charge in [0.25, 0.3) is 0 Å². The van der Waals surface area contributed by atoms with Gasteiger partial charge in [0.05, 0.1) is 0 Å². The van der Waals surface area contributed by atoms with Gasteiger partial charge in [-0.3, -0.25) is 0 Å². The van der Waals surface area contributed by atoms with E-state index in [1.165, 1.54) is 0 Å². The molecular weight excluding hydrogens is 342 g/mol. The first-order chi connectivity index (χ1) is 9.72. The molecule has 0 bridgehead atoms. The lowest BCUT2D eigenvalue weighted by molar-refractivity contribution is -0.373. The molecule has 2 aliphatic rings. The van der Waals surface area contributed by atoms with Crippen LogP contribution in [0.1, 0.15) is 22.3 Å². The van der Waals surface area contributed by atoms with Gasteiger partial charge in [0, 0.05) is 0 Å². The molecule has 12 heteroatoms. The number of hydrogen-bond acceptors (Lipinski definition) is 2. The number of fused-ring (bicyclic) bond motifs is 2. The van der Waals surface area contributed by atoms with Crippen LogP contribution < -0.4 is 0 Å². The van der Waals surface area contributed by atoms with Gasteiger partial charge in [0.1, 0.15) is 33.9 Å². The van der Waals surface area contributed by atoms with Gasteiger partial charge in [0.15, 0.2) is 0 Å². The molecule has 0 radical (unpaired) electrons. The van der Waals surface area contributed by atoms with E-state index in [2.05, 4.69) is 9.47 Å².